The molecular formula is C32H41N9O2. The van der Waals surface area contributed by atoms with E-state index >= 15 is 0 Å². The zero-order chi connectivity index (χ0) is 30.9. The van der Waals surface area contributed by atoms with Crippen molar-refractivity contribution in [2.24, 2.45) is 15.5 Å². The number of urea groups is 1. The van der Waals surface area contributed by atoms with Crippen LogP contribution >= 0.6 is 0 Å². The van der Waals surface area contributed by atoms with Crippen molar-refractivity contribution < 1.29 is 9.59 Å². The minimum absolute atomic E-state index is 0.0228. The van der Waals surface area contributed by atoms with Gasteiger partial charge in [-0.1, -0.05) is 27.7 Å². The van der Waals surface area contributed by atoms with Crippen molar-refractivity contribution in [3.8, 4) is 11.4 Å². The van der Waals surface area contributed by atoms with Gasteiger partial charge in [-0.2, -0.15) is 5.10 Å². The van der Waals surface area contributed by atoms with Crippen LogP contribution in [0.3, 0.4) is 0 Å². The van der Waals surface area contributed by atoms with Gasteiger partial charge in [0.1, 0.15) is 5.71 Å². The van der Waals surface area contributed by atoms with Crippen molar-refractivity contribution in [3.05, 3.63) is 53.9 Å². The first-order valence-corrected chi connectivity index (χ1v) is 15.0. The topological polar surface area (TPSA) is 120 Å². The fraction of sp³-hybridized carbons (Fsp3) is 0.438. The number of carbonyl (C=O) groups is 2. The van der Waals surface area contributed by atoms with Gasteiger partial charge < -0.3 is 15.5 Å². The molecule has 3 heterocycles. The number of amides is 3. The molecule has 0 fully saturated rings. The Morgan fingerprint density at radius 1 is 1.09 bits per heavy atom. The number of hydrogen-bond acceptors (Lipinski definition) is 7. The van der Waals surface area contributed by atoms with Gasteiger partial charge in [0.15, 0.2) is 5.82 Å². The van der Waals surface area contributed by atoms with E-state index in [2.05, 4.69) is 56.2 Å². The highest BCUT2D eigenvalue weighted by atomic mass is 16.2. The van der Waals surface area contributed by atoms with E-state index in [1.165, 1.54) is 4.79 Å². The van der Waals surface area contributed by atoms with Crippen LogP contribution in [0.1, 0.15) is 65.8 Å². The van der Waals surface area contributed by atoms with Gasteiger partial charge in [0, 0.05) is 48.1 Å². The van der Waals surface area contributed by atoms with Gasteiger partial charge in [-0.25, -0.2) is 9.78 Å². The lowest BCUT2D eigenvalue weighted by atomic mass is 9.81. The van der Waals surface area contributed by atoms with Crippen LogP contribution in [0.15, 0.2) is 52.6 Å². The Morgan fingerprint density at radius 3 is 2.44 bits per heavy atom. The maximum Gasteiger partial charge on any atom is 0.324 e. The van der Waals surface area contributed by atoms with E-state index in [0.29, 0.717) is 29.5 Å². The second-order valence-electron chi connectivity index (χ2n) is 11.9. The first-order chi connectivity index (χ1) is 20.5. The van der Waals surface area contributed by atoms with Gasteiger partial charge in [-0.05, 0) is 75.2 Å². The van der Waals surface area contributed by atoms with E-state index in [9.17, 15) is 9.59 Å². The molecule has 2 aliphatic rings. The molecular weight excluding hydrogens is 542 g/mol. The first kappa shape index (κ1) is 29.9. The molecule has 43 heavy (non-hydrogen) atoms. The SMILES string of the molecule is CCCC(=O)Nc1ccc(-c2nc3n(n2)N=C(C(C)(C)C)C32N=CCNC(=O)N2c2ccc(N(CC)CC)cc2C)cc1. The molecule has 2 N–H and O–H groups in total. The van der Waals surface area contributed by atoms with Crippen molar-refractivity contribution in [2.75, 3.05) is 34.8 Å². The number of hydrogen-bond donors (Lipinski definition) is 2. The summed E-state index contributed by atoms with van der Waals surface area (Å²) >= 11 is 0. The number of fused-ring (bicyclic) bond motifs is 2. The van der Waals surface area contributed by atoms with Crippen molar-refractivity contribution >= 4 is 40.9 Å². The van der Waals surface area contributed by atoms with Crippen molar-refractivity contribution in [3.63, 3.8) is 0 Å². The summed E-state index contributed by atoms with van der Waals surface area (Å²) in [5.41, 5.74) is 3.05. The predicted octanol–water partition coefficient (Wildman–Crippen LogP) is 5.56. The Morgan fingerprint density at radius 2 is 1.81 bits per heavy atom. The smallest absolute Gasteiger partial charge is 0.324 e. The van der Waals surface area contributed by atoms with Crippen LogP contribution < -0.4 is 20.4 Å². The fourth-order valence-electron chi connectivity index (χ4n) is 5.69. The second-order valence-corrected chi connectivity index (χ2v) is 11.9. The summed E-state index contributed by atoms with van der Waals surface area (Å²) in [6.45, 7) is 16.4. The van der Waals surface area contributed by atoms with Gasteiger partial charge in [0.25, 0.3) is 0 Å². The van der Waals surface area contributed by atoms with Crippen LogP contribution in [0.2, 0.25) is 0 Å². The highest BCUT2D eigenvalue weighted by Gasteiger charge is 2.58. The van der Waals surface area contributed by atoms with Crippen LogP contribution in [0, 0.1) is 12.3 Å². The lowest BCUT2D eigenvalue weighted by Crippen LogP contribution is -2.57. The summed E-state index contributed by atoms with van der Waals surface area (Å²) in [6, 6.07) is 13.2. The summed E-state index contributed by atoms with van der Waals surface area (Å²) in [5.74, 6) is 0.865. The number of nitrogens with one attached hydrogen (secondary N) is 2. The molecule has 1 unspecified atom stereocenters. The summed E-state index contributed by atoms with van der Waals surface area (Å²) in [7, 11) is 0. The van der Waals surface area contributed by atoms with Crippen LogP contribution in [-0.4, -0.2) is 58.4 Å². The summed E-state index contributed by atoms with van der Waals surface area (Å²) in [5, 5.41) is 15.6. The molecule has 5 rings (SSSR count). The molecule has 3 aromatic rings. The molecule has 1 atom stereocenters. The van der Waals surface area contributed by atoms with Gasteiger partial charge in [0.05, 0.1) is 12.2 Å². The van der Waals surface area contributed by atoms with Crippen molar-refractivity contribution in [1.29, 1.82) is 0 Å². The zero-order valence-electron chi connectivity index (χ0n) is 26.1. The molecule has 0 saturated carbocycles. The molecule has 0 saturated heterocycles. The van der Waals surface area contributed by atoms with Crippen LogP contribution in [-0.2, 0) is 10.5 Å². The Kier molecular flexibility index (Phi) is 8.09. The Balaban J connectivity index is 1.63. The minimum Gasteiger partial charge on any atom is -0.372 e. The van der Waals surface area contributed by atoms with E-state index < -0.39 is 11.1 Å². The number of carbonyl (C=O) groups excluding carboxylic acids is 2. The average Bonchev–Trinajstić information content (AvgIpc) is 3.46. The number of aryl methyl sites for hydroxylation is 1. The molecule has 2 aromatic carbocycles. The number of nitrogens with zero attached hydrogens (tertiary/aromatic N) is 7. The number of anilines is 3. The lowest BCUT2D eigenvalue weighted by Gasteiger charge is -2.40. The van der Waals surface area contributed by atoms with Gasteiger partial charge in [-0.15, -0.1) is 9.89 Å². The normalized spacial score (nSPS) is 17.9. The average molecular weight is 584 g/mol. The molecule has 0 radical (unpaired) electrons. The third kappa shape index (κ3) is 5.39. The third-order valence-corrected chi connectivity index (χ3v) is 7.74. The highest BCUT2D eigenvalue weighted by molar-refractivity contribution is 6.10. The molecule has 0 aliphatic carbocycles. The van der Waals surface area contributed by atoms with Crippen molar-refractivity contribution in [2.45, 2.75) is 67.0 Å². The molecule has 0 bridgehead atoms. The molecule has 11 nitrogen and oxygen atoms in total. The predicted molar refractivity (Wildman–Crippen MR) is 172 cm³/mol. The minimum atomic E-state index is -1.35. The monoisotopic (exact) mass is 583 g/mol. The molecule has 11 heteroatoms. The fourth-order valence-corrected chi connectivity index (χ4v) is 5.69. The van der Waals surface area contributed by atoms with Gasteiger partial charge in [-0.3, -0.25) is 14.7 Å². The van der Waals surface area contributed by atoms with Crippen LogP contribution in [0.4, 0.5) is 21.9 Å². The van der Waals surface area contributed by atoms with Gasteiger partial charge >= 0.3 is 6.03 Å². The highest BCUT2D eigenvalue weighted by Crippen LogP contribution is 2.46. The standard InChI is InChI=1S/C32H41N9O2/c1-8-11-26(42)35-23-14-12-22(13-15-23)27-36-29-32(28(31(5,6)7)38-41(29)37-27)34-19-18-33-30(43)40(32)25-17-16-24(20-21(25)4)39(9-2)10-3/h12-17,19-20H,8-11,18H2,1-7H3,(H,33,43)(H,35,42). The second kappa shape index (κ2) is 11.6. The van der Waals surface area contributed by atoms with Crippen LogP contribution in [0.25, 0.3) is 11.4 Å². The number of rotatable bonds is 8. The molecule has 1 aromatic heterocycles. The van der Waals surface area contributed by atoms with E-state index in [0.717, 1.165) is 42.0 Å². The first-order valence-electron chi connectivity index (χ1n) is 15.0. The van der Waals surface area contributed by atoms with E-state index in [1.807, 2.05) is 50.2 Å². The largest absolute Gasteiger partial charge is 0.372 e. The lowest BCUT2D eigenvalue weighted by molar-refractivity contribution is -0.116. The molecule has 2 aliphatic heterocycles. The van der Waals surface area contributed by atoms with E-state index in [-0.39, 0.29) is 18.5 Å². The quantitative estimate of drug-likeness (QED) is 0.360. The maximum absolute atomic E-state index is 14.0. The molecule has 3 amide bonds. The van der Waals surface area contributed by atoms with E-state index in [1.54, 1.807) is 11.1 Å². The van der Waals surface area contributed by atoms with Gasteiger partial charge in [0.2, 0.25) is 17.4 Å². The third-order valence-electron chi connectivity index (χ3n) is 7.74. The Labute approximate surface area is 253 Å². The molecule has 226 valence electrons. The number of benzene rings is 2. The van der Waals surface area contributed by atoms with Crippen LogP contribution in [0.5, 0.6) is 0 Å². The summed E-state index contributed by atoms with van der Waals surface area (Å²) in [6.07, 6.45) is 2.97. The Hall–Kier alpha value is -4.54. The zero-order valence-corrected chi connectivity index (χ0v) is 26.1. The summed E-state index contributed by atoms with van der Waals surface area (Å²) < 4.78 is 0. The number of aliphatic imine (C=N–C) groups is 1. The van der Waals surface area contributed by atoms with Crippen molar-refractivity contribution in [1.82, 2.24) is 20.2 Å². The van der Waals surface area contributed by atoms with E-state index in [4.69, 9.17) is 20.2 Å². The molecule has 1 spiro atoms. The maximum atomic E-state index is 14.0. The number of aromatic nitrogens is 3. The summed E-state index contributed by atoms with van der Waals surface area (Å²) in [4.78, 5) is 41.5. The Bertz CT molecular complexity index is 1580.